The van der Waals surface area contributed by atoms with Crippen molar-refractivity contribution in [3.8, 4) is 5.75 Å². The van der Waals surface area contributed by atoms with E-state index in [-0.39, 0.29) is 29.3 Å². The molecular formula is C25H33FO5S. The first kappa shape index (κ1) is 22.3. The van der Waals surface area contributed by atoms with Crippen LogP contribution >= 0.6 is 0 Å². The number of ketones is 1. The minimum Gasteiger partial charge on any atom is -0.493 e. The van der Waals surface area contributed by atoms with Gasteiger partial charge < -0.3 is 9.47 Å². The standard InChI is InChI=1S/C25H33FO5S/c1-30-4-5-32(28,29)14-23(27)21-9-20(19-2-3-19)24(10-22(21)26)31-15-25-11-16-6-17(12-25)8-18(7-16)13-25/h9-10,16-19H,2-8,11-15H2,1H3. The molecular weight excluding hydrogens is 431 g/mol. The molecule has 5 aliphatic carbocycles. The molecule has 7 heteroatoms. The van der Waals surface area contributed by atoms with Crippen molar-refractivity contribution in [2.75, 3.05) is 31.8 Å². The highest BCUT2D eigenvalue weighted by Crippen LogP contribution is 2.60. The number of hydrogen-bond donors (Lipinski definition) is 0. The van der Waals surface area contributed by atoms with E-state index in [1.807, 2.05) is 0 Å². The number of carbonyl (C=O) groups is 1. The largest absolute Gasteiger partial charge is 0.493 e. The minimum atomic E-state index is -3.64. The Morgan fingerprint density at radius 2 is 1.72 bits per heavy atom. The molecule has 0 N–H and O–H groups in total. The normalized spacial score (nSPS) is 31.1. The lowest BCUT2D eigenvalue weighted by atomic mass is 9.50. The molecule has 0 spiro atoms. The smallest absolute Gasteiger partial charge is 0.180 e. The summed E-state index contributed by atoms with van der Waals surface area (Å²) in [5.41, 5.74) is 0.930. The van der Waals surface area contributed by atoms with E-state index < -0.39 is 27.2 Å². The molecule has 6 rings (SSSR count). The molecule has 0 aromatic heterocycles. The molecule has 5 nitrogen and oxygen atoms in total. The zero-order valence-electron chi connectivity index (χ0n) is 18.8. The van der Waals surface area contributed by atoms with Gasteiger partial charge in [0.15, 0.2) is 15.6 Å². The average Bonchev–Trinajstić information content (AvgIpc) is 3.54. The molecule has 1 aromatic carbocycles. The molecule has 5 aliphatic rings. The fraction of sp³-hybridized carbons (Fsp3) is 0.720. The summed E-state index contributed by atoms with van der Waals surface area (Å²) in [5, 5.41) is 0. The molecule has 0 heterocycles. The summed E-state index contributed by atoms with van der Waals surface area (Å²) in [6.45, 7) is 0.636. The first-order chi connectivity index (χ1) is 15.3. The number of hydrogen-bond acceptors (Lipinski definition) is 5. The van der Waals surface area contributed by atoms with E-state index in [0.29, 0.717) is 12.4 Å². The van der Waals surface area contributed by atoms with Crippen LogP contribution in [0.1, 0.15) is 73.2 Å². The van der Waals surface area contributed by atoms with E-state index >= 15 is 0 Å². The van der Waals surface area contributed by atoms with Crippen LogP contribution in [0.3, 0.4) is 0 Å². The van der Waals surface area contributed by atoms with Crippen molar-refractivity contribution in [1.29, 1.82) is 0 Å². The maximum atomic E-state index is 15.0. The van der Waals surface area contributed by atoms with E-state index in [2.05, 4.69) is 0 Å². The summed E-state index contributed by atoms with van der Waals surface area (Å²) in [4.78, 5) is 12.6. The molecule has 176 valence electrons. The SMILES string of the molecule is COCCS(=O)(=O)CC(=O)c1cc(C2CC2)c(OCC23CC4CC(CC(C4)C2)C3)cc1F. The molecule has 5 fully saturated rings. The lowest BCUT2D eigenvalue weighted by Gasteiger charge is -2.56. The van der Waals surface area contributed by atoms with Gasteiger partial charge in [-0.05, 0) is 86.7 Å². The Morgan fingerprint density at radius 1 is 1.09 bits per heavy atom. The number of carbonyl (C=O) groups excluding carboxylic acids is 1. The predicted molar refractivity (Wildman–Crippen MR) is 119 cm³/mol. The Kier molecular flexibility index (Phi) is 5.85. The molecule has 0 atom stereocenters. The summed E-state index contributed by atoms with van der Waals surface area (Å²) in [5.74, 6) is 0.926. The van der Waals surface area contributed by atoms with Crippen LogP contribution in [0.4, 0.5) is 4.39 Å². The van der Waals surface area contributed by atoms with Crippen LogP contribution in [-0.4, -0.2) is 46.0 Å². The van der Waals surface area contributed by atoms with Gasteiger partial charge >= 0.3 is 0 Å². The lowest BCUT2D eigenvalue weighted by Crippen LogP contribution is -2.48. The van der Waals surface area contributed by atoms with Crippen molar-refractivity contribution >= 4 is 15.6 Å². The van der Waals surface area contributed by atoms with Crippen molar-refractivity contribution in [1.82, 2.24) is 0 Å². The van der Waals surface area contributed by atoms with Crippen LogP contribution in [0.15, 0.2) is 12.1 Å². The van der Waals surface area contributed by atoms with Gasteiger partial charge in [-0.3, -0.25) is 4.79 Å². The second-order valence-corrected chi connectivity index (χ2v) is 13.0. The fourth-order valence-electron chi connectivity index (χ4n) is 6.88. The number of sulfone groups is 1. The second kappa shape index (κ2) is 8.39. The Bertz CT molecular complexity index is 963. The highest BCUT2D eigenvalue weighted by Gasteiger charge is 2.51. The van der Waals surface area contributed by atoms with Gasteiger partial charge in [0.2, 0.25) is 0 Å². The van der Waals surface area contributed by atoms with Gasteiger partial charge in [-0.25, -0.2) is 12.8 Å². The molecule has 32 heavy (non-hydrogen) atoms. The first-order valence-corrected chi connectivity index (χ1v) is 13.8. The van der Waals surface area contributed by atoms with Crippen LogP contribution in [0.2, 0.25) is 0 Å². The topological polar surface area (TPSA) is 69.7 Å². The van der Waals surface area contributed by atoms with Crippen LogP contribution in [0, 0.1) is 29.0 Å². The zero-order valence-corrected chi connectivity index (χ0v) is 19.6. The fourth-order valence-corrected chi connectivity index (χ4v) is 8.00. The minimum absolute atomic E-state index is 0.0164. The molecule has 5 saturated carbocycles. The average molecular weight is 465 g/mol. The summed E-state index contributed by atoms with van der Waals surface area (Å²) in [7, 11) is -2.24. The molecule has 0 radical (unpaired) electrons. The maximum Gasteiger partial charge on any atom is 0.180 e. The van der Waals surface area contributed by atoms with Gasteiger partial charge in [-0.15, -0.1) is 0 Å². The van der Waals surface area contributed by atoms with E-state index in [1.165, 1.54) is 51.7 Å². The third-order valence-corrected chi connectivity index (χ3v) is 9.56. The van der Waals surface area contributed by atoms with E-state index in [4.69, 9.17) is 9.47 Å². The van der Waals surface area contributed by atoms with Gasteiger partial charge in [-0.2, -0.15) is 0 Å². The highest BCUT2D eigenvalue weighted by molar-refractivity contribution is 7.92. The summed E-state index contributed by atoms with van der Waals surface area (Å²) < 4.78 is 50.3. The third kappa shape index (κ3) is 4.60. The van der Waals surface area contributed by atoms with Crippen molar-refractivity contribution in [2.45, 2.75) is 57.3 Å². The van der Waals surface area contributed by atoms with Crippen molar-refractivity contribution in [3.63, 3.8) is 0 Å². The maximum absolute atomic E-state index is 15.0. The van der Waals surface area contributed by atoms with Crippen molar-refractivity contribution in [3.05, 3.63) is 29.1 Å². The molecule has 0 aliphatic heterocycles. The Morgan fingerprint density at radius 3 is 2.28 bits per heavy atom. The van der Waals surface area contributed by atoms with E-state index in [0.717, 1.165) is 36.2 Å². The van der Waals surface area contributed by atoms with Gasteiger partial charge in [0.05, 0.1) is 24.5 Å². The van der Waals surface area contributed by atoms with Crippen LogP contribution in [0.5, 0.6) is 5.75 Å². The number of methoxy groups -OCH3 is 1. The van der Waals surface area contributed by atoms with Crippen molar-refractivity contribution < 1.29 is 27.1 Å². The van der Waals surface area contributed by atoms with Crippen molar-refractivity contribution in [2.24, 2.45) is 23.2 Å². The predicted octanol–water partition coefficient (Wildman–Crippen LogP) is 4.54. The van der Waals surface area contributed by atoms with Crippen LogP contribution in [-0.2, 0) is 14.6 Å². The first-order valence-electron chi connectivity index (χ1n) is 11.9. The number of halogens is 1. The molecule has 0 amide bonds. The zero-order chi connectivity index (χ0) is 22.5. The van der Waals surface area contributed by atoms with Gasteiger partial charge in [0.1, 0.15) is 17.3 Å². The Labute approximate surface area is 190 Å². The van der Waals surface area contributed by atoms with E-state index in [9.17, 15) is 17.6 Å². The Balaban J connectivity index is 1.33. The summed E-state index contributed by atoms with van der Waals surface area (Å²) in [6, 6.07) is 2.87. The van der Waals surface area contributed by atoms with Gasteiger partial charge in [0, 0.05) is 18.6 Å². The number of Topliss-reactive ketones (excluding diaryl/α,β-unsaturated/α-hetero) is 1. The quantitative estimate of drug-likeness (QED) is 0.476. The van der Waals surface area contributed by atoms with E-state index in [1.54, 1.807) is 6.07 Å². The molecule has 0 unspecified atom stereocenters. The molecule has 1 aromatic rings. The second-order valence-electron chi connectivity index (χ2n) is 10.9. The summed E-state index contributed by atoms with van der Waals surface area (Å²) >= 11 is 0. The summed E-state index contributed by atoms with van der Waals surface area (Å²) in [6.07, 6.45) is 9.72. The number of benzene rings is 1. The molecule has 0 saturated heterocycles. The number of rotatable bonds is 10. The third-order valence-electron chi connectivity index (χ3n) is 8.07. The lowest BCUT2D eigenvalue weighted by molar-refractivity contribution is -0.0747. The van der Waals surface area contributed by atoms with Gasteiger partial charge in [-0.1, -0.05) is 0 Å². The molecule has 4 bridgehead atoms. The van der Waals surface area contributed by atoms with Crippen LogP contribution in [0.25, 0.3) is 0 Å². The monoisotopic (exact) mass is 464 g/mol. The number of ether oxygens (including phenoxy) is 2. The highest BCUT2D eigenvalue weighted by atomic mass is 32.2. The van der Waals surface area contributed by atoms with Crippen LogP contribution < -0.4 is 4.74 Å². The van der Waals surface area contributed by atoms with Gasteiger partial charge in [0.25, 0.3) is 0 Å². The Hall–Kier alpha value is -1.47.